The number of hydrogen-bond acceptors (Lipinski definition) is 9. The molecule has 0 aliphatic carbocycles. The fraction of sp³-hybridized carbons (Fsp3) is 0.452. The normalized spacial score (nSPS) is 19.1. The molecule has 3 atom stereocenters. The van der Waals surface area contributed by atoms with Crippen LogP contribution < -0.4 is 15.3 Å². The topological polar surface area (TPSA) is 140 Å². The molecule has 0 amide bonds. The van der Waals surface area contributed by atoms with Gasteiger partial charge in [0, 0.05) is 24.3 Å². The van der Waals surface area contributed by atoms with Crippen LogP contribution in [0.3, 0.4) is 0 Å². The van der Waals surface area contributed by atoms with Crippen LogP contribution in [0, 0.1) is 0 Å². The predicted octanol–water partition coefficient (Wildman–Crippen LogP) is 6.57. The number of nitrogen functional groups attached to an aromatic ring is 1. The number of nitrogens with two attached hydrogens (primary N) is 1. The molecule has 0 bridgehead atoms. The van der Waals surface area contributed by atoms with Gasteiger partial charge in [0.05, 0.1) is 31.1 Å². The number of anilines is 1. The smallest absolute Gasteiger partial charge is 0.459 e. The number of rotatable bonds is 16. The van der Waals surface area contributed by atoms with Crippen molar-refractivity contribution in [1.29, 1.82) is 0 Å². The average Bonchev–Trinajstić information content (AvgIpc) is 3.45. The number of imidazole rings is 1. The van der Waals surface area contributed by atoms with Crippen LogP contribution in [0.15, 0.2) is 54.6 Å². The molecule has 0 aliphatic heterocycles. The summed E-state index contributed by atoms with van der Waals surface area (Å²) in [6.45, 7) is -7.19. The highest BCUT2D eigenvalue weighted by Gasteiger charge is 2.34. The van der Waals surface area contributed by atoms with E-state index in [0.717, 1.165) is 6.42 Å². The van der Waals surface area contributed by atoms with Gasteiger partial charge in [-0.25, -0.2) is 14.5 Å². The van der Waals surface area contributed by atoms with Gasteiger partial charge in [-0.05, 0) is 52.1 Å². The number of nitrogens with zero attached hydrogens (tertiary/aromatic N) is 3. The van der Waals surface area contributed by atoms with Gasteiger partial charge < -0.3 is 24.3 Å². The highest BCUT2D eigenvalue weighted by Crippen LogP contribution is 2.46. The molecule has 4 rings (SSSR count). The van der Waals surface area contributed by atoms with Crippen molar-refractivity contribution in [2.75, 3.05) is 18.9 Å². The molecule has 0 unspecified atom stereocenters. The van der Waals surface area contributed by atoms with Gasteiger partial charge in [-0.3, -0.25) is 9.32 Å². The summed E-state index contributed by atoms with van der Waals surface area (Å²) in [5, 5.41) is 2.77. The molecule has 0 saturated carbocycles. The number of carbonyl (C=O) groups excluding carboxylic acids is 1. The number of aromatic nitrogens is 3. The number of unbranched alkanes of at least 4 members (excludes halogenated alkanes) is 1. The van der Waals surface area contributed by atoms with Crippen molar-refractivity contribution in [2.24, 2.45) is 0 Å². The molecule has 12 heteroatoms. The number of benzene rings is 2. The van der Waals surface area contributed by atoms with Gasteiger partial charge in [-0.1, -0.05) is 56.2 Å². The number of ether oxygens (including phenoxy) is 2. The zero-order valence-electron chi connectivity index (χ0n) is 33.9. The first-order valence-electron chi connectivity index (χ1n) is 18.8. The number of esters is 1. The average molecular weight is 622 g/mol. The van der Waals surface area contributed by atoms with Gasteiger partial charge >= 0.3 is 13.7 Å². The lowest BCUT2D eigenvalue weighted by atomic mass is 10.1. The first kappa shape index (κ1) is 21.2. The minimum absolute atomic E-state index is 0.0484. The molecule has 0 saturated heterocycles. The molecule has 232 valence electrons. The van der Waals surface area contributed by atoms with Gasteiger partial charge in [-0.2, -0.15) is 5.09 Å². The standard InChI is InChI=1S/C31H42N5O6P/c1-6-8-14-23(19-40-43(38,42-24-15-10-9-11-16-24)35-22(5)31(37)41-21(3)4)36-27(20-39-7-2)34-28-29(36)25-17-12-13-18-26(25)33-30(28)32/h9-13,15-18,21-23H,6-8,14,19-20H2,1-5H3,(H2,32,33)(H,35,38)/t22-,23-,43+/m0/s1/i3D3,4D3,5D3,21D. The second kappa shape index (κ2) is 14.8. The summed E-state index contributed by atoms with van der Waals surface area (Å²) < 4.78 is 116. The van der Waals surface area contributed by atoms with E-state index in [9.17, 15) is 9.36 Å². The van der Waals surface area contributed by atoms with Crippen LogP contribution in [0.5, 0.6) is 5.75 Å². The minimum Gasteiger partial charge on any atom is -0.462 e. The van der Waals surface area contributed by atoms with Crippen LogP contribution in [0.25, 0.3) is 21.9 Å². The molecule has 11 nitrogen and oxygen atoms in total. The van der Waals surface area contributed by atoms with E-state index in [0.29, 0.717) is 47.2 Å². The van der Waals surface area contributed by atoms with Crippen molar-refractivity contribution in [3.63, 3.8) is 0 Å². The van der Waals surface area contributed by atoms with E-state index in [1.165, 1.54) is 24.3 Å². The van der Waals surface area contributed by atoms with E-state index in [4.69, 9.17) is 38.2 Å². The highest BCUT2D eigenvalue weighted by molar-refractivity contribution is 7.52. The summed E-state index contributed by atoms with van der Waals surface area (Å²) >= 11 is 0. The van der Waals surface area contributed by atoms with Gasteiger partial charge in [0.15, 0.2) is 5.82 Å². The molecule has 2 heterocycles. The maximum atomic E-state index is 14.7. The number of para-hydroxylation sites is 2. The molecule has 0 fully saturated rings. The van der Waals surface area contributed by atoms with E-state index in [1.807, 2.05) is 30.5 Å². The number of pyridine rings is 1. The molecule has 2 aromatic heterocycles. The van der Waals surface area contributed by atoms with E-state index < -0.39 is 59.0 Å². The lowest BCUT2D eigenvalue weighted by molar-refractivity contribution is -0.149. The summed E-state index contributed by atoms with van der Waals surface area (Å²) in [6, 6.07) is 11.3. The molecule has 2 aromatic carbocycles. The summed E-state index contributed by atoms with van der Waals surface area (Å²) in [6.07, 6.45) is -2.10. The fourth-order valence-electron chi connectivity index (χ4n) is 4.55. The summed E-state index contributed by atoms with van der Waals surface area (Å²) in [7, 11) is -4.99. The zero-order chi connectivity index (χ0) is 39.4. The maximum absolute atomic E-state index is 14.7. The van der Waals surface area contributed by atoms with Gasteiger partial charge in [0.2, 0.25) is 0 Å². The minimum atomic E-state index is -4.99. The first-order valence-corrected chi connectivity index (χ1v) is 15.3. The third-order valence-corrected chi connectivity index (χ3v) is 7.96. The maximum Gasteiger partial charge on any atom is 0.459 e. The van der Waals surface area contributed by atoms with Crippen LogP contribution >= 0.6 is 7.75 Å². The van der Waals surface area contributed by atoms with Crippen LogP contribution in [0.2, 0.25) is 0 Å². The van der Waals surface area contributed by atoms with E-state index in [2.05, 4.69) is 14.8 Å². The van der Waals surface area contributed by atoms with Crippen molar-refractivity contribution in [3.05, 3.63) is 60.4 Å². The van der Waals surface area contributed by atoms with Crippen LogP contribution in [0.4, 0.5) is 5.82 Å². The van der Waals surface area contributed by atoms with Gasteiger partial charge in [0.25, 0.3) is 0 Å². The largest absolute Gasteiger partial charge is 0.462 e. The number of hydrogen-bond donors (Lipinski definition) is 2. The Balaban J connectivity index is 1.82. The Kier molecular flexibility index (Phi) is 7.31. The Morgan fingerprint density at radius 3 is 2.60 bits per heavy atom. The fourth-order valence-corrected chi connectivity index (χ4v) is 5.92. The lowest BCUT2D eigenvalue weighted by Crippen LogP contribution is -2.36. The Morgan fingerprint density at radius 2 is 1.88 bits per heavy atom. The Morgan fingerprint density at radius 1 is 1.12 bits per heavy atom. The molecule has 4 aromatic rings. The zero-order valence-corrected chi connectivity index (χ0v) is 24.8. The second-order valence-electron chi connectivity index (χ2n) is 9.55. The summed E-state index contributed by atoms with van der Waals surface area (Å²) in [4.78, 5) is 22.6. The molecule has 0 radical (unpaired) electrons. The van der Waals surface area contributed by atoms with E-state index >= 15 is 0 Å². The summed E-state index contributed by atoms with van der Waals surface area (Å²) in [5.74, 6) is -1.48. The van der Waals surface area contributed by atoms with E-state index in [1.54, 1.807) is 18.2 Å². The number of carbonyl (C=O) groups is 1. The third-order valence-electron chi connectivity index (χ3n) is 6.45. The molecule has 0 spiro atoms. The van der Waals surface area contributed by atoms with Crippen molar-refractivity contribution >= 4 is 41.5 Å². The Bertz CT molecular complexity index is 1910. The number of fused-ring (bicyclic) bond motifs is 3. The molecule has 43 heavy (non-hydrogen) atoms. The summed E-state index contributed by atoms with van der Waals surface area (Å²) in [5.41, 5.74) is 7.92. The Hall–Kier alpha value is -3.50. The van der Waals surface area contributed by atoms with Crippen molar-refractivity contribution in [3.8, 4) is 5.75 Å². The van der Waals surface area contributed by atoms with Gasteiger partial charge in [0.1, 0.15) is 29.7 Å². The lowest BCUT2D eigenvalue weighted by Gasteiger charge is -2.27. The molecule has 0 aliphatic rings. The molecular weight excluding hydrogens is 569 g/mol. The van der Waals surface area contributed by atoms with Crippen LogP contribution in [-0.4, -0.2) is 45.8 Å². The SMILES string of the molecule is [2H]C([2H])([2H])[C@H](N[P@@](=O)(OC[C@H](CCCC)n1c(COCC)nc2c(N)nc3ccccc3c21)Oc1ccccc1)C(=O)OC([2H])(C([2H])([2H])[2H])C([2H])([2H])[2H]. The second-order valence-corrected chi connectivity index (χ2v) is 11.2. The van der Waals surface area contributed by atoms with Crippen molar-refractivity contribution < 1.29 is 41.6 Å². The van der Waals surface area contributed by atoms with Crippen LogP contribution in [-0.2, 0) is 30.0 Å². The highest BCUT2D eigenvalue weighted by atomic mass is 31.2. The predicted molar refractivity (Wildman–Crippen MR) is 168 cm³/mol. The van der Waals surface area contributed by atoms with Crippen molar-refractivity contribution in [1.82, 2.24) is 19.6 Å². The molecule has 3 N–H and O–H groups in total. The van der Waals surface area contributed by atoms with Crippen molar-refractivity contribution in [2.45, 2.75) is 78.4 Å². The monoisotopic (exact) mass is 621 g/mol. The molecular formula is C31H42N5O6P. The van der Waals surface area contributed by atoms with Crippen LogP contribution in [0.1, 0.15) is 79.2 Å². The third kappa shape index (κ3) is 8.12. The number of nitrogens with one attached hydrogen (secondary N) is 1. The first-order chi connectivity index (χ1) is 24.7. The Labute approximate surface area is 266 Å². The van der Waals surface area contributed by atoms with Gasteiger partial charge in [-0.15, -0.1) is 0 Å². The van der Waals surface area contributed by atoms with E-state index in [-0.39, 0.29) is 18.2 Å². The quantitative estimate of drug-likeness (QED) is 0.104.